The van der Waals surface area contributed by atoms with Gasteiger partial charge in [0.15, 0.2) is 0 Å². The SMILES string of the molecule is CO[C@H](CNC(=O)CCc1cscn1)c1cccc(Cl)c1. The molecule has 0 saturated heterocycles. The standard InChI is InChI=1S/C15H17ClN2O2S/c1-20-14(11-3-2-4-12(16)7-11)8-17-15(19)6-5-13-9-21-10-18-13/h2-4,7,9-10,14H,5-6,8H2,1H3,(H,17,19)/t14-/m1/s1. The van der Waals surface area contributed by atoms with Gasteiger partial charge in [-0.1, -0.05) is 23.7 Å². The maximum atomic E-state index is 11.8. The zero-order chi connectivity index (χ0) is 15.1. The molecule has 2 aromatic rings. The molecule has 2 rings (SSSR count). The van der Waals surface area contributed by atoms with Gasteiger partial charge in [-0.25, -0.2) is 4.98 Å². The summed E-state index contributed by atoms with van der Waals surface area (Å²) in [4.78, 5) is 16.0. The monoisotopic (exact) mass is 324 g/mol. The van der Waals surface area contributed by atoms with E-state index in [0.717, 1.165) is 11.3 Å². The number of ether oxygens (including phenoxy) is 1. The molecule has 1 aromatic heterocycles. The van der Waals surface area contributed by atoms with Crippen molar-refractivity contribution in [3.8, 4) is 0 Å². The highest BCUT2D eigenvalue weighted by Crippen LogP contribution is 2.19. The minimum absolute atomic E-state index is 0.00734. The van der Waals surface area contributed by atoms with Crippen LogP contribution in [0.4, 0.5) is 0 Å². The van der Waals surface area contributed by atoms with Crippen molar-refractivity contribution in [1.29, 1.82) is 0 Å². The summed E-state index contributed by atoms with van der Waals surface area (Å²) < 4.78 is 5.41. The van der Waals surface area contributed by atoms with Crippen molar-refractivity contribution in [1.82, 2.24) is 10.3 Å². The number of aromatic nitrogens is 1. The van der Waals surface area contributed by atoms with Gasteiger partial charge in [-0.2, -0.15) is 0 Å². The van der Waals surface area contributed by atoms with E-state index in [1.54, 1.807) is 12.6 Å². The van der Waals surface area contributed by atoms with Crippen LogP contribution in [0, 0.1) is 0 Å². The minimum Gasteiger partial charge on any atom is -0.375 e. The molecule has 0 radical (unpaired) electrons. The molecule has 0 aliphatic carbocycles. The van der Waals surface area contributed by atoms with Gasteiger partial charge in [0, 0.05) is 30.5 Å². The number of rotatable bonds is 7. The molecule has 4 nitrogen and oxygen atoms in total. The van der Waals surface area contributed by atoms with E-state index < -0.39 is 0 Å². The molecule has 0 bridgehead atoms. The molecule has 0 aliphatic rings. The van der Waals surface area contributed by atoms with Crippen LogP contribution in [-0.2, 0) is 16.0 Å². The molecule has 1 heterocycles. The van der Waals surface area contributed by atoms with Crippen LogP contribution < -0.4 is 5.32 Å². The minimum atomic E-state index is -0.202. The number of nitrogens with one attached hydrogen (secondary N) is 1. The average molecular weight is 325 g/mol. The molecule has 1 aromatic carbocycles. The third kappa shape index (κ3) is 5.12. The highest BCUT2D eigenvalue weighted by Gasteiger charge is 2.12. The molecular formula is C15H17ClN2O2S. The summed E-state index contributed by atoms with van der Waals surface area (Å²) in [6.45, 7) is 0.423. The van der Waals surface area contributed by atoms with Gasteiger partial charge in [0.25, 0.3) is 0 Å². The van der Waals surface area contributed by atoms with Crippen LogP contribution in [0.3, 0.4) is 0 Å². The van der Waals surface area contributed by atoms with Crippen molar-refractivity contribution < 1.29 is 9.53 Å². The Morgan fingerprint density at radius 3 is 3.05 bits per heavy atom. The maximum absolute atomic E-state index is 11.8. The maximum Gasteiger partial charge on any atom is 0.220 e. The highest BCUT2D eigenvalue weighted by molar-refractivity contribution is 7.07. The Balaban J connectivity index is 1.81. The molecule has 112 valence electrons. The number of nitrogens with zero attached hydrogens (tertiary/aromatic N) is 1. The molecule has 1 atom stereocenters. The Morgan fingerprint density at radius 2 is 2.38 bits per heavy atom. The summed E-state index contributed by atoms with van der Waals surface area (Å²) in [5, 5.41) is 5.50. The van der Waals surface area contributed by atoms with Gasteiger partial charge in [-0.3, -0.25) is 4.79 Å². The predicted molar refractivity (Wildman–Crippen MR) is 84.6 cm³/mol. The number of hydrogen-bond donors (Lipinski definition) is 1. The van der Waals surface area contributed by atoms with Crippen molar-refractivity contribution in [3.05, 3.63) is 51.4 Å². The van der Waals surface area contributed by atoms with Crippen molar-refractivity contribution in [2.45, 2.75) is 18.9 Å². The van der Waals surface area contributed by atoms with Crippen LogP contribution in [-0.4, -0.2) is 24.5 Å². The van der Waals surface area contributed by atoms with Gasteiger partial charge in [-0.15, -0.1) is 11.3 Å². The van der Waals surface area contributed by atoms with Crippen LogP contribution in [0.15, 0.2) is 35.2 Å². The lowest BCUT2D eigenvalue weighted by atomic mass is 10.1. The topological polar surface area (TPSA) is 51.2 Å². The van der Waals surface area contributed by atoms with E-state index in [4.69, 9.17) is 16.3 Å². The molecule has 0 aliphatic heterocycles. The first-order valence-electron chi connectivity index (χ1n) is 6.61. The zero-order valence-corrected chi connectivity index (χ0v) is 13.3. The van der Waals surface area contributed by atoms with Crippen molar-refractivity contribution >= 4 is 28.8 Å². The Hall–Kier alpha value is -1.43. The van der Waals surface area contributed by atoms with E-state index in [-0.39, 0.29) is 12.0 Å². The second-order valence-electron chi connectivity index (χ2n) is 4.56. The first-order valence-corrected chi connectivity index (χ1v) is 7.93. The summed E-state index contributed by atoms with van der Waals surface area (Å²) in [6, 6.07) is 7.45. The van der Waals surface area contributed by atoms with E-state index in [9.17, 15) is 4.79 Å². The van der Waals surface area contributed by atoms with E-state index in [0.29, 0.717) is 24.4 Å². The summed E-state index contributed by atoms with van der Waals surface area (Å²) in [7, 11) is 1.62. The molecule has 21 heavy (non-hydrogen) atoms. The van der Waals surface area contributed by atoms with Gasteiger partial charge in [-0.05, 0) is 24.1 Å². The number of methoxy groups -OCH3 is 1. The Labute approximate surface area is 133 Å². The number of aryl methyl sites for hydroxylation is 1. The highest BCUT2D eigenvalue weighted by atomic mass is 35.5. The number of carbonyl (C=O) groups is 1. The first-order chi connectivity index (χ1) is 10.2. The van der Waals surface area contributed by atoms with Crippen LogP contribution in [0.2, 0.25) is 5.02 Å². The molecule has 0 saturated carbocycles. The number of carbonyl (C=O) groups excluding carboxylic acids is 1. The quantitative estimate of drug-likeness (QED) is 0.850. The normalized spacial score (nSPS) is 12.1. The smallest absolute Gasteiger partial charge is 0.220 e. The van der Waals surface area contributed by atoms with E-state index in [1.807, 2.05) is 29.6 Å². The van der Waals surface area contributed by atoms with Gasteiger partial charge >= 0.3 is 0 Å². The van der Waals surface area contributed by atoms with Crippen molar-refractivity contribution in [3.63, 3.8) is 0 Å². The van der Waals surface area contributed by atoms with Crippen molar-refractivity contribution in [2.24, 2.45) is 0 Å². The summed E-state index contributed by atoms with van der Waals surface area (Å²) >= 11 is 7.50. The van der Waals surface area contributed by atoms with Gasteiger partial charge < -0.3 is 10.1 Å². The fourth-order valence-electron chi connectivity index (χ4n) is 1.94. The average Bonchev–Trinajstić information content (AvgIpc) is 2.99. The lowest BCUT2D eigenvalue weighted by Gasteiger charge is -2.16. The second kappa shape index (κ2) is 8.12. The van der Waals surface area contributed by atoms with Gasteiger partial charge in [0.1, 0.15) is 0 Å². The Kier molecular flexibility index (Phi) is 6.17. The molecule has 0 fully saturated rings. The van der Waals surface area contributed by atoms with Gasteiger partial charge in [0.2, 0.25) is 5.91 Å². The van der Waals surface area contributed by atoms with Crippen LogP contribution in [0.1, 0.15) is 23.8 Å². The third-order valence-electron chi connectivity index (χ3n) is 3.08. The molecule has 6 heteroatoms. The molecule has 1 amide bonds. The fourth-order valence-corrected chi connectivity index (χ4v) is 2.73. The van der Waals surface area contributed by atoms with Crippen LogP contribution >= 0.6 is 22.9 Å². The lowest BCUT2D eigenvalue weighted by Crippen LogP contribution is -2.29. The number of amides is 1. The summed E-state index contributed by atoms with van der Waals surface area (Å²) in [6.07, 6.45) is 0.881. The molecular weight excluding hydrogens is 308 g/mol. The third-order valence-corrected chi connectivity index (χ3v) is 3.95. The molecule has 0 unspecified atom stereocenters. The van der Waals surface area contributed by atoms with Crippen molar-refractivity contribution in [2.75, 3.05) is 13.7 Å². The predicted octanol–water partition coefficient (Wildman–Crippen LogP) is 3.23. The van der Waals surface area contributed by atoms with Crippen LogP contribution in [0.25, 0.3) is 0 Å². The lowest BCUT2D eigenvalue weighted by molar-refractivity contribution is -0.121. The molecule has 1 N–H and O–H groups in total. The van der Waals surface area contributed by atoms with E-state index in [1.165, 1.54) is 11.3 Å². The van der Waals surface area contributed by atoms with Gasteiger partial charge in [0.05, 0.1) is 17.3 Å². The molecule has 0 spiro atoms. The summed E-state index contributed by atoms with van der Waals surface area (Å²) in [5.74, 6) is -0.00734. The first kappa shape index (κ1) is 15.9. The number of benzene rings is 1. The number of hydrogen-bond acceptors (Lipinski definition) is 4. The number of halogens is 1. The van der Waals surface area contributed by atoms with E-state index >= 15 is 0 Å². The largest absolute Gasteiger partial charge is 0.375 e. The second-order valence-corrected chi connectivity index (χ2v) is 5.72. The number of thiazole rings is 1. The van der Waals surface area contributed by atoms with E-state index in [2.05, 4.69) is 10.3 Å². The fraction of sp³-hybridized carbons (Fsp3) is 0.333. The Bertz CT molecular complexity index is 575. The van der Waals surface area contributed by atoms with Crippen LogP contribution in [0.5, 0.6) is 0 Å². The zero-order valence-electron chi connectivity index (χ0n) is 11.7. The summed E-state index contributed by atoms with van der Waals surface area (Å²) in [5.41, 5.74) is 3.67. The Morgan fingerprint density at radius 1 is 1.52 bits per heavy atom.